The third-order valence-electron chi connectivity index (χ3n) is 11.9. The average Bonchev–Trinajstić information content (AvgIpc) is 4.00. The highest BCUT2D eigenvalue weighted by Gasteiger charge is 2.35. The van der Waals surface area contributed by atoms with Crippen LogP contribution in [0.25, 0.3) is 88.7 Å². The van der Waals surface area contributed by atoms with Crippen molar-refractivity contribution in [1.82, 2.24) is 4.98 Å². The first-order valence-electron chi connectivity index (χ1n) is 19.3. The van der Waals surface area contributed by atoms with E-state index in [-0.39, 0.29) is 5.41 Å². The van der Waals surface area contributed by atoms with Crippen LogP contribution in [0.5, 0.6) is 0 Å². The van der Waals surface area contributed by atoms with Crippen LogP contribution in [0.3, 0.4) is 0 Å². The van der Waals surface area contributed by atoms with E-state index < -0.39 is 0 Å². The fourth-order valence-corrected chi connectivity index (χ4v) is 9.03. The van der Waals surface area contributed by atoms with Gasteiger partial charge in [-0.05, 0) is 106 Å². The second-order valence-electron chi connectivity index (χ2n) is 15.6. The number of hydrogen-bond donors (Lipinski definition) is 0. The van der Waals surface area contributed by atoms with Gasteiger partial charge in [0, 0.05) is 61.7 Å². The summed E-state index contributed by atoms with van der Waals surface area (Å²) in [5, 5.41) is 4.28. The molecule has 11 aromatic rings. The van der Waals surface area contributed by atoms with Crippen LogP contribution in [0.15, 0.2) is 183 Å². The third-order valence-corrected chi connectivity index (χ3v) is 11.9. The van der Waals surface area contributed by atoms with Gasteiger partial charge in [0.05, 0.1) is 0 Å². The van der Waals surface area contributed by atoms with Crippen molar-refractivity contribution in [3.8, 4) is 33.7 Å². The summed E-state index contributed by atoms with van der Waals surface area (Å²) in [7, 11) is 0. The molecule has 0 unspecified atom stereocenters. The molecule has 3 aromatic heterocycles. The maximum absolute atomic E-state index is 6.45. The van der Waals surface area contributed by atoms with E-state index in [0.717, 1.165) is 88.7 Å². The molecule has 1 aliphatic carbocycles. The van der Waals surface area contributed by atoms with Gasteiger partial charge in [0.2, 0.25) is 5.89 Å². The minimum absolute atomic E-state index is 0.0707. The molecule has 0 N–H and O–H groups in total. The molecule has 0 atom stereocenters. The monoisotopic (exact) mass is 734 g/mol. The lowest BCUT2D eigenvalue weighted by atomic mass is 9.82. The predicted octanol–water partition coefficient (Wildman–Crippen LogP) is 14.7. The zero-order valence-electron chi connectivity index (χ0n) is 31.3. The maximum atomic E-state index is 6.45. The van der Waals surface area contributed by atoms with Crippen LogP contribution in [0.2, 0.25) is 0 Å². The van der Waals surface area contributed by atoms with E-state index >= 15 is 0 Å². The molecule has 0 amide bonds. The van der Waals surface area contributed by atoms with Gasteiger partial charge in [-0.15, -0.1) is 0 Å². The first-order chi connectivity index (χ1) is 28.0. The molecule has 5 nitrogen and oxygen atoms in total. The molecule has 5 heteroatoms. The van der Waals surface area contributed by atoms with Crippen LogP contribution in [0.1, 0.15) is 25.0 Å². The molecule has 0 spiro atoms. The van der Waals surface area contributed by atoms with Crippen molar-refractivity contribution < 1.29 is 13.3 Å². The van der Waals surface area contributed by atoms with E-state index in [2.05, 4.69) is 134 Å². The van der Waals surface area contributed by atoms with Gasteiger partial charge in [-0.3, -0.25) is 0 Å². The summed E-state index contributed by atoms with van der Waals surface area (Å²) in [6.07, 6.45) is 0. The Bertz CT molecular complexity index is 3380. The summed E-state index contributed by atoms with van der Waals surface area (Å²) in [5.41, 5.74) is 16.4. The van der Waals surface area contributed by atoms with Gasteiger partial charge in [0.15, 0.2) is 5.58 Å². The number of hydrogen-bond acceptors (Lipinski definition) is 5. The van der Waals surface area contributed by atoms with Crippen LogP contribution in [0.4, 0.5) is 17.1 Å². The molecule has 270 valence electrons. The van der Waals surface area contributed by atoms with Crippen molar-refractivity contribution in [2.45, 2.75) is 19.3 Å². The highest BCUT2D eigenvalue weighted by Crippen LogP contribution is 2.51. The van der Waals surface area contributed by atoms with E-state index in [1.807, 2.05) is 54.6 Å². The molecule has 0 radical (unpaired) electrons. The second kappa shape index (κ2) is 11.8. The van der Waals surface area contributed by atoms with E-state index in [0.29, 0.717) is 5.89 Å². The SMILES string of the molecule is CC1(C)c2ccccc2-c2cc(N(c3ccc(-c4ccc5c(c4)oc4cc6nc(-c7ccccc7)oc6cc45)cc3)c3ccc4c(c3)oc3ccccc34)ccc21. The highest BCUT2D eigenvalue weighted by molar-refractivity contribution is 6.10. The first-order valence-corrected chi connectivity index (χ1v) is 19.3. The Hall–Kier alpha value is -7.37. The average molecular weight is 735 g/mol. The third kappa shape index (κ3) is 4.85. The van der Waals surface area contributed by atoms with Gasteiger partial charge in [0.25, 0.3) is 0 Å². The molecule has 0 saturated carbocycles. The zero-order chi connectivity index (χ0) is 37.8. The predicted molar refractivity (Wildman–Crippen MR) is 232 cm³/mol. The number of benzene rings is 8. The molecule has 0 bridgehead atoms. The van der Waals surface area contributed by atoms with Crippen LogP contribution >= 0.6 is 0 Å². The van der Waals surface area contributed by atoms with E-state index in [9.17, 15) is 0 Å². The van der Waals surface area contributed by atoms with Crippen molar-refractivity contribution in [2.24, 2.45) is 0 Å². The number of nitrogens with zero attached hydrogens (tertiary/aromatic N) is 2. The Morgan fingerprint density at radius 2 is 1.04 bits per heavy atom. The van der Waals surface area contributed by atoms with Gasteiger partial charge < -0.3 is 18.2 Å². The van der Waals surface area contributed by atoms with Crippen molar-refractivity contribution in [3.05, 3.63) is 181 Å². The van der Waals surface area contributed by atoms with Gasteiger partial charge in [-0.1, -0.05) is 98.8 Å². The minimum Gasteiger partial charge on any atom is -0.456 e. The normalized spacial score (nSPS) is 13.2. The van der Waals surface area contributed by atoms with Crippen molar-refractivity contribution in [2.75, 3.05) is 4.90 Å². The second-order valence-corrected chi connectivity index (χ2v) is 15.6. The molecule has 1 aliphatic rings. The Labute approximate surface area is 328 Å². The first kappa shape index (κ1) is 31.9. The Balaban J connectivity index is 0.942. The highest BCUT2D eigenvalue weighted by atomic mass is 16.4. The van der Waals surface area contributed by atoms with Crippen LogP contribution in [-0.4, -0.2) is 4.98 Å². The number of rotatable bonds is 5. The summed E-state index contributed by atoms with van der Waals surface area (Å²) in [4.78, 5) is 7.09. The van der Waals surface area contributed by atoms with Gasteiger partial charge >= 0.3 is 0 Å². The minimum atomic E-state index is -0.0707. The Morgan fingerprint density at radius 1 is 0.404 bits per heavy atom. The number of furan rings is 2. The Kier molecular flexibility index (Phi) is 6.62. The topological polar surface area (TPSA) is 55.6 Å². The largest absolute Gasteiger partial charge is 0.456 e. The van der Waals surface area contributed by atoms with Gasteiger partial charge in [0.1, 0.15) is 27.8 Å². The molecule has 12 rings (SSSR count). The summed E-state index contributed by atoms with van der Waals surface area (Å²) < 4.78 is 19.0. The van der Waals surface area contributed by atoms with Crippen molar-refractivity contribution in [1.29, 1.82) is 0 Å². The molecule has 3 heterocycles. The molecular weight excluding hydrogens is 701 g/mol. The van der Waals surface area contributed by atoms with Gasteiger partial charge in [-0.2, -0.15) is 0 Å². The van der Waals surface area contributed by atoms with Crippen molar-refractivity contribution in [3.63, 3.8) is 0 Å². The number of fused-ring (bicyclic) bond motifs is 10. The molecule has 0 aliphatic heterocycles. The summed E-state index contributed by atoms with van der Waals surface area (Å²) in [5.74, 6) is 0.604. The maximum Gasteiger partial charge on any atom is 0.227 e. The van der Waals surface area contributed by atoms with E-state index in [1.54, 1.807) is 0 Å². The lowest BCUT2D eigenvalue weighted by molar-refractivity contribution is 0.620. The molecule has 0 saturated heterocycles. The molecular formula is C52H34N2O3. The lowest BCUT2D eigenvalue weighted by Gasteiger charge is -2.27. The fourth-order valence-electron chi connectivity index (χ4n) is 9.03. The lowest BCUT2D eigenvalue weighted by Crippen LogP contribution is -2.15. The Morgan fingerprint density at radius 3 is 1.93 bits per heavy atom. The quantitative estimate of drug-likeness (QED) is 0.176. The standard InChI is InChI=1S/C52H34N2O3/c1-52(2)43-14-8-6-12-37(43)41-27-35(22-25-44(41)52)54(36-21-24-39-38-13-7-9-15-46(38)55-48(39)28-36)34-19-16-31(17-20-34)33-18-23-40-42-29-50-45(30-49(42)56-47(40)26-33)53-51(57-50)32-10-4-3-5-11-32/h3-30H,1-2H3. The molecule has 0 fully saturated rings. The number of anilines is 3. The van der Waals surface area contributed by atoms with Gasteiger partial charge in [-0.25, -0.2) is 4.98 Å². The summed E-state index contributed by atoms with van der Waals surface area (Å²) in [6.45, 7) is 4.64. The molecule has 8 aromatic carbocycles. The number of aromatic nitrogens is 1. The number of para-hydroxylation sites is 1. The van der Waals surface area contributed by atoms with Crippen LogP contribution < -0.4 is 4.90 Å². The fraction of sp³-hybridized carbons (Fsp3) is 0.0577. The van der Waals surface area contributed by atoms with E-state index in [1.165, 1.54) is 22.3 Å². The zero-order valence-corrected chi connectivity index (χ0v) is 31.3. The van der Waals surface area contributed by atoms with Crippen LogP contribution in [0, 0.1) is 0 Å². The van der Waals surface area contributed by atoms with Crippen LogP contribution in [-0.2, 0) is 5.41 Å². The van der Waals surface area contributed by atoms with E-state index in [4.69, 9.17) is 18.2 Å². The summed E-state index contributed by atoms with van der Waals surface area (Å²) in [6, 6.07) is 59.7. The number of oxazole rings is 1. The smallest absolute Gasteiger partial charge is 0.227 e. The molecule has 57 heavy (non-hydrogen) atoms. The van der Waals surface area contributed by atoms with Crippen molar-refractivity contribution >= 4 is 72.0 Å². The summed E-state index contributed by atoms with van der Waals surface area (Å²) >= 11 is 0.